The minimum Gasteiger partial charge on any atom is -0.456 e. The third kappa shape index (κ3) is 6.95. The van der Waals surface area contributed by atoms with Crippen molar-refractivity contribution in [2.75, 3.05) is 13.2 Å². The summed E-state index contributed by atoms with van der Waals surface area (Å²) in [6.45, 7) is -0.578. The number of sulfonamides is 1. The highest BCUT2D eigenvalue weighted by molar-refractivity contribution is 7.89. The van der Waals surface area contributed by atoms with E-state index in [9.17, 15) is 18.0 Å². The fourth-order valence-corrected chi connectivity index (χ4v) is 5.00. The van der Waals surface area contributed by atoms with Gasteiger partial charge >= 0.3 is 5.97 Å². The molecule has 1 fully saturated rings. The van der Waals surface area contributed by atoms with Crippen LogP contribution in [0.4, 0.5) is 0 Å². The molecule has 2 N–H and O–H groups in total. The molecule has 2 rings (SSSR count). The summed E-state index contributed by atoms with van der Waals surface area (Å²) in [6, 6.07) is 4.47. The van der Waals surface area contributed by atoms with Gasteiger partial charge < -0.3 is 10.1 Å². The summed E-state index contributed by atoms with van der Waals surface area (Å²) in [5.41, 5.74) is 0. The first kappa shape index (κ1) is 21.9. The molecule has 1 saturated carbocycles. The van der Waals surface area contributed by atoms with Gasteiger partial charge in [0.25, 0.3) is 5.91 Å². The van der Waals surface area contributed by atoms with E-state index >= 15 is 0 Å². The minimum absolute atomic E-state index is 0.0167. The molecule has 1 aliphatic carbocycles. The lowest BCUT2D eigenvalue weighted by Crippen LogP contribution is -2.38. The van der Waals surface area contributed by atoms with Gasteiger partial charge in [-0.25, -0.2) is 13.1 Å². The minimum atomic E-state index is -3.97. The molecule has 7 nitrogen and oxygen atoms in total. The monoisotopic (exact) mass is 436 g/mol. The van der Waals surface area contributed by atoms with Gasteiger partial charge in [-0.15, -0.1) is 0 Å². The molecular formula is C17H22Cl2N2O5S. The quantitative estimate of drug-likeness (QED) is 0.609. The average molecular weight is 437 g/mol. The Bertz CT molecular complexity index is 759. The molecule has 0 aromatic heterocycles. The van der Waals surface area contributed by atoms with E-state index < -0.39 is 16.0 Å². The number of amides is 1. The van der Waals surface area contributed by atoms with Gasteiger partial charge in [0.15, 0.2) is 6.61 Å². The van der Waals surface area contributed by atoms with E-state index in [1.54, 1.807) is 0 Å². The zero-order valence-corrected chi connectivity index (χ0v) is 17.0. The van der Waals surface area contributed by atoms with Crippen LogP contribution in [0, 0.1) is 0 Å². The van der Waals surface area contributed by atoms with E-state index in [1.165, 1.54) is 24.6 Å². The number of benzene rings is 1. The molecule has 150 valence electrons. The van der Waals surface area contributed by atoms with E-state index in [4.69, 9.17) is 27.9 Å². The highest BCUT2D eigenvalue weighted by Crippen LogP contribution is 2.28. The third-order valence-electron chi connectivity index (χ3n) is 4.14. The molecule has 1 aromatic carbocycles. The van der Waals surface area contributed by atoms with Crippen LogP contribution >= 0.6 is 23.2 Å². The number of esters is 1. The summed E-state index contributed by atoms with van der Waals surface area (Å²) >= 11 is 11.8. The lowest BCUT2D eigenvalue weighted by atomic mass is 9.95. The molecule has 0 radical (unpaired) electrons. The summed E-state index contributed by atoms with van der Waals surface area (Å²) in [5.74, 6) is -1.03. The van der Waals surface area contributed by atoms with Crippen molar-refractivity contribution in [2.24, 2.45) is 0 Å². The summed E-state index contributed by atoms with van der Waals surface area (Å²) in [5, 5.41) is 2.80. The molecule has 27 heavy (non-hydrogen) atoms. The predicted molar refractivity (Wildman–Crippen MR) is 102 cm³/mol. The first-order chi connectivity index (χ1) is 12.8. The third-order valence-corrected chi connectivity index (χ3v) is 6.56. The highest BCUT2D eigenvalue weighted by atomic mass is 35.5. The molecule has 0 saturated heterocycles. The van der Waals surface area contributed by atoms with Gasteiger partial charge in [0.1, 0.15) is 4.90 Å². The lowest BCUT2D eigenvalue weighted by Gasteiger charge is -2.22. The second-order valence-electron chi connectivity index (χ2n) is 6.26. The van der Waals surface area contributed by atoms with Crippen LogP contribution < -0.4 is 10.0 Å². The first-order valence-electron chi connectivity index (χ1n) is 8.68. The molecule has 0 aliphatic heterocycles. The molecule has 0 heterocycles. The van der Waals surface area contributed by atoms with Gasteiger partial charge in [-0.1, -0.05) is 48.5 Å². The topological polar surface area (TPSA) is 102 Å². The maximum absolute atomic E-state index is 12.2. The van der Waals surface area contributed by atoms with E-state index in [0.29, 0.717) is 0 Å². The van der Waals surface area contributed by atoms with Gasteiger partial charge in [-0.3, -0.25) is 9.59 Å². The predicted octanol–water partition coefficient (Wildman–Crippen LogP) is 2.65. The number of hydrogen-bond donors (Lipinski definition) is 2. The maximum atomic E-state index is 12.2. The second-order valence-corrected chi connectivity index (χ2v) is 8.78. The fraction of sp³-hybridized carbons (Fsp3) is 0.529. The Balaban J connectivity index is 1.73. The second kappa shape index (κ2) is 10.3. The fourth-order valence-electron chi connectivity index (χ4n) is 2.83. The Morgan fingerprint density at radius 3 is 2.37 bits per heavy atom. The smallest absolute Gasteiger partial charge is 0.307 e. The largest absolute Gasteiger partial charge is 0.456 e. The Labute approximate surface area is 168 Å². The molecule has 1 aliphatic rings. The molecule has 0 unspecified atom stereocenters. The van der Waals surface area contributed by atoms with E-state index in [-0.39, 0.29) is 46.5 Å². The van der Waals surface area contributed by atoms with Crippen molar-refractivity contribution in [3.63, 3.8) is 0 Å². The van der Waals surface area contributed by atoms with Crippen LogP contribution in [0.2, 0.25) is 10.0 Å². The molecule has 1 amide bonds. The Morgan fingerprint density at radius 2 is 1.74 bits per heavy atom. The van der Waals surface area contributed by atoms with Gasteiger partial charge in [-0.05, 0) is 25.0 Å². The molecule has 0 spiro atoms. The zero-order chi connectivity index (χ0) is 19.9. The van der Waals surface area contributed by atoms with E-state index in [1.807, 2.05) is 0 Å². The average Bonchev–Trinajstić information content (AvgIpc) is 2.60. The lowest BCUT2D eigenvalue weighted by molar-refractivity contribution is -0.148. The summed E-state index contributed by atoms with van der Waals surface area (Å²) in [6.07, 6.45) is 4.99. The number of hydrogen-bond acceptors (Lipinski definition) is 5. The normalized spacial score (nSPS) is 15.3. The van der Waals surface area contributed by atoms with Crippen LogP contribution in [0.1, 0.15) is 38.5 Å². The van der Waals surface area contributed by atoms with Crippen molar-refractivity contribution in [3.05, 3.63) is 28.2 Å². The SMILES string of the molecule is O=C(COC(=O)CCNS(=O)(=O)c1c(Cl)cccc1Cl)NC1CCCCC1. The van der Waals surface area contributed by atoms with Gasteiger partial charge in [0, 0.05) is 12.6 Å². The number of ether oxygens (including phenoxy) is 1. The Hall–Kier alpha value is -1.35. The van der Waals surface area contributed by atoms with E-state index in [0.717, 1.165) is 25.7 Å². The highest BCUT2D eigenvalue weighted by Gasteiger charge is 2.22. The van der Waals surface area contributed by atoms with Crippen LogP contribution in [0.5, 0.6) is 0 Å². The number of carbonyl (C=O) groups excluding carboxylic acids is 2. The van der Waals surface area contributed by atoms with Crippen LogP contribution in [0.15, 0.2) is 23.1 Å². The number of nitrogens with one attached hydrogen (secondary N) is 2. The number of carbonyl (C=O) groups is 2. The van der Waals surface area contributed by atoms with Crippen LogP contribution in [0.3, 0.4) is 0 Å². The first-order valence-corrected chi connectivity index (χ1v) is 10.9. The van der Waals surface area contributed by atoms with Crippen molar-refractivity contribution < 1.29 is 22.7 Å². The number of halogens is 2. The van der Waals surface area contributed by atoms with Gasteiger partial charge in [0.2, 0.25) is 10.0 Å². The summed E-state index contributed by atoms with van der Waals surface area (Å²) < 4.78 is 31.6. The summed E-state index contributed by atoms with van der Waals surface area (Å²) in [7, 11) is -3.97. The Kier molecular flexibility index (Phi) is 8.34. The standard InChI is InChI=1S/C17H22Cl2N2O5S/c18-13-7-4-8-14(19)17(13)27(24,25)20-10-9-16(23)26-11-15(22)21-12-5-2-1-3-6-12/h4,7-8,12,20H,1-3,5-6,9-11H2,(H,21,22). The number of rotatable bonds is 8. The molecule has 0 atom stereocenters. The van der Waals surface area contributed by atoms with Crippen LogP contribution in [-0.2, 0) is 24.3 Å². The van der Waals surface area contributed by atoms with Crippen molar-refractivity contribution >= 4 is 45.1 Å². The van der Waals surface area contributed by atoms with Crippen molar-refractivity contribution in [3.8, 4) is 0 Å². The van der Waals surface area contributed by atoms with Crippen LogP contribution in [0.25, 0.3) is 0 Å². The van der Waals surface area contributed by atoms with Gasteiger partial charge in [0.05, 0.1) is 16.5 Å². The van der Waals surface area contributed by atoms with Crippen LogP contribution in [-0.4, -0.2) is 39.5 Å². The summed E-state index contributed by atoms with van der Waals surface area (Å²) in [4.78, 5) is 23.2. The van der Waals surface area contributed by atoms with Crippen molar-refractivity contribution in [1.82, 2.24) is 10.0 Å². The molecular weight excluding hydrogens is 415 g/mol. The maximum Gasteiger partial charge on any atom is 0.307 e. The Morgan fingerprint density at radius 1 is 1.11 bits per heavy atom. The zero-order valence-electron chi connectivity index (χ0n) is 14.7. The molecule has 1 aromatic rings. The van der Waals surface area contributed by atoms with Gasteiger partial charge in [-0.2, -0.15) is 0 Å². The molecule has 10 heteroatoms. The molecule has 0 bridgehead atoms. The van der Waals surface area contributed by atoms with E-state index in [2.05, 4.69) is 10.0 Å². The van der Waals surface area contributed by atoms with Crippen molar-refractivity contribution in [1.29, 1.82) is 0 Å². The van der Waals surface area contributed by atoms with Crippen molar-refractivity contribution in [2.45, 2.75) is 49.5 Å².